The molecular formula is C25H16BO2. The van der Waals surface area contributed by atoms with E-state index in [0.717, 1.165) is 7.69 Å². The summed E-state index contributed by atoms with van der Waals surface area (Å²) in [5.74, 6) is 0.635. The van der Waals surface area contributed by atoms with Gasteiger partial charge in [0, 0.05) is 0 Å². The fourth-order valence-corrected chi connectivity index (χ4v) is 5.21. The Hall–Kier alpha value is -3.30. The SMILES string of the molecule is O[B]Oc1ccc2c(c1)C1(c3ccccc3-c3ccccc31)c1ccccc1-2. The quantitative estimate of drug-likeness (QED) is 0.444. The molecule has 131 valence electrons. The highest BCUT2D eigenvalue weighted by molar-refractivity contribution is 6.17. The second-order valence-corrected chi connectivity index (χ2v) is 7.32. The highest BCUT2D eigenvalue weighted by atomic mass is 16.5. The third kappa shape index (κ3) is 1.77. The molecule has 0 saturated heterocycles. The topological polar surface area (TPSA) is 29.5 Å². The molecule has 3 heteroatoms. The summed E-state index contributed by atoms with van der Waals surface area (Å²) in [5, 5.41) is 9.17. The Balaban J connectivity index is 1.80. The number of benzene rings is 4. The van der Waals surface area contributed by atoms with Crippen LogP contribution in [0.5, 0.6) is 5.75 Å². The molecule has 0 heterocycles. The minimum absolute atomic E-state index is 0.367. The smallest absolute Gasteiger partial charge is 0.537 e. The van der Waals surface area contributed by atoms with Crippen molar-refractivity contribution in [1.29, 1.82) is 0 Å². The second kappa shape index (κ2) is 5.60. The van der Waals surface area contributed by atoms with Crippen molar-refractivity contribution in [3.63, 3.8) is 0 Å². The molecule has 4 aromatic carbocycles. The zero-order valence-electron chi connectivity index (χ0n) is 15.1. The summed E-state index contributed by atoms with van der Waals surface area (Å²) < 4.78 is 5.34. The lowest BCUT2D eigenvalue weighted by atomic mass is 9.70. The maximum atomic E-state index is 9.17. The van der Waals surface area contributed by atoms with Crippen molar-refractivity contribution in [2.24, 2.45) is 0 Å². The maximum absolute atomic E-state index is 9.17. The first-order valence-corrected chi connectivity index (χ1v) is 9.42. The van der Waals surface area contributed by atoms with Gasteiger partial charge in [-0.25, -0.2) is 0 Å². The molecule has 0 atom stereocenters. The molecular weight excluding hydrogens is 343 g/mol. The van der Waals surface area contributed by atoms with E-state index in [1.807, 2.05) is 6.07 Å². The van der Waals surface area contributed by atoms with Crippen LogP contribution in [-0.4, -0.2) is 12.7 Å². The van der Waals surface area contributed by atoms with Crippen molar-refractivity contribution in [3.8, 4) is 28.0 Å². The first-order valence-electron chi connectivity index (χ1n) is 9.42. The van der Waals surface area contributed by atoms with E-state index in [9.17, 15) is 0 Å². The molecule has 2 nitrogen and oxygen atoms in total. The van der Waals surface area contributed by atoms with Crippen LogP contribution in [0.1, 0.15) is 22.3 Å². The van der Waals surface area contributed by atoms with Crippen molar-refractivity contribution >= 4 is 7.69 Å². The number of hydrogen-bond acceptors (Lipinski definition) is 2. The van der Waals surface area contributed by atoms with Gasteiger partial charge in [-0.3, -0.25) is 0 Å². The van der Waals surface area contributed by atoms with E-state index in [0.29, 0.717) is 5.75 Å². The van der Waals surface area contributed by atoms with Gasteiger partial charge in [0.1, 0.15) is 5.75 Å². The summed E-state index contributed by atoms with van der Waals surface area (Å²) in [6.45, 7) is 0. The highest BCUT2D eigenvalue weighted by Crippen LogP contribution is 2.62. The first kappa shape index (κ1) is 15.7. The predicted octanol–water partition coefficient (Wildman–Crippen LogP) is 4.94. The van der Waals surface area contributed by atoms with E-state index in [1.54, 1.807) is 0 Å². The van der Waals surface area contributed by atoms with E-state index in [2.05, 4.69) is 84.9 Å². The lowest BCUT2D eigenvalue weighted by Crippen LogP contribution is -2.25. The predicted molar refractivity (Wildman–Crippen MR) is 111 cm³/mol. The highest BCUT2D eigenvalue weighted by Gasteiger charge is 2.51. The average molecular weight is 359 g/mol. The maximum Gasteiger partial charge on any atom is 0.569 e. The molecule has 28 heavy (non-hydrogen) atoms. The summed E-state index contributed by atoms with van der Waals surface area (Å²) >= 11 is 0. The van der Waals surface area contributed by atoms with Crippen LogP contribution in [0.15, 0.2) is 91.0 Å². The van der Waals surface area contributed by atoms with Crippen LogP contribution < -0.4 is 4.65 Å². The van der Waals surface area contributed by atoms with E-state index >= 15 is 0 Å². The molecule has 0 fully saturated rings. The number of rotatable bonds is 2. The van der Waals surface area contributed by atoms with Gasteiger partial charge in [0.25, 0.3) is 0 Å². The normalized spacial score (nSPS) is 14.2. The van der Waals surface area contributed by atoms with Crippen LogP contribution in [0.3, 0.4) is 0 Å². The van der Waals surface area contributed by atoms with Crippen LogP contribution in [0, 0.1) is 0 Å². The van der Waals surface area contributed by atoms with Crippen LogP contribution in [0.4, 0.5) is 0 Å². The largest absolute Gasteiger partial charge is 0.569 e. The van der Waals surface area contributed by atoms with E-state index in [4.69, 9.17) is 9.68 Å². The molecule has 0 amide bonds. The summed E-state index contributed by atoms with van der Waals surface area (Å²) in [6, 6.07) is 32.1. The summed E-state index contributed by atoms with van der Waals surface area (Å²) in [5.41, 5.74) is 9.75. The van der Waals surface area contributed by atoms with E-state index in [1.165, 1.54) is 44.5 Å². The van der Waals surface area contributed by atoms with Gasteiger partial charge < -0.3 is 9.68 Å². The minimum atomic E-state index is -0.367. The molecule has 1 spiro atoms. The lowest BCUT2D eigenvalue weighted by molar-refractivity contribution is 0.453. The Bertz CT molecular complexity index is 1180. The Morgan fingerprint density at radius 3 is 1.54 bits per heavy atom. The monoisotopic (exact) mass is 359 g/mol. The second-order valence-electron chi connectivity index (χ2n) is 7.32. The molecule has 4 aromatic rings. The van der Waals surface area contributed by atoms with Gasteiger partial charge in [-0.1, -0.05) is 78.9 Å². The molecule has 1 N–H and O–H groups in total. The Labute approximate surface area is 164 Å². The lowest BCUT2D eigenvalue weighted by Gasteiger charge is -2.30. The van der Waals surface area contributed by atoms with Crippen LogP contribution in [-0.2, 0) is 5.41 Å². The minimum Gasteiger partial charge on any atom is -0.537 e. The molecule has 2 aliphatic carbocycles. The molecule has 0 aliphatic heterocycles. The standard InChI is InChI=1S/C25H16BO2/c27-26-28-16-13-14-20-19-9-3-6-12-23(19)25(24(20)15-16)21-10-4-1-7-17(21)18-8-2-5-11-22(18)25/h1-15,27H. The Morgan fingerprint density at radius 1 is 0.571 bits per heavy atom. The van der Waals surface area contributed by atoms with Crippen molar-refractivity contribution in [2.45, 2.75) is 5.41 Å². The van der Waals surface area contributed by atoms with Crippen LogP contribution in [0.25, 0.3) is 22.3 Å². The van der Waals surface area contributed by atoms with Gasteiger partial charge in [0.2, 0.25) is 0 Å². The molecule has 0 unspecified atom stereocenters. The molecule has 0 bridgehead atoms. The molecule has 1 radical (unpaired) electrons. The fraction of sp³-hybridized carbons (Fsp3) is 0.0400. The van der Waals surface area contributed by atoms with Gasteiger partial charge in [-0.2, -0.15) is 0 Å². The van der Waals surface area contributed by atoms with Crippen LogP contribution >= 0.6 is 0 Å². The molecule has 0 saturated carbocycles. The number of hydrogen-bond donors (Lipinski definition) is 1. The third-order valence-electron chi connectivity index (χ3n) is 6.16. The van der Waals surface area contributed by atoms with Crippen molar-refractivity contribution in [2.75, 3.05) is 0 Å². The van der Waals surface area contributed by atoms with Gasteiger partial charge in [0.05, 0.1) is 5.41 Å². The summed E-state index contributed by atoms with van der Waals surface area (Å²) in [4.78, 5) is 0. The van der Waals surface area contributed by atoms with Gasteiger partial charge in [-0.05, 0) is 56.6 Å². The van der Waals surface area contributed by atoms with Gasteiger partial charge in [0.15, 0.2) is 0 Å². The molecule has 6 rings (SSSR count). The fourth-order valence-electron chi connectivity index (χ4n) is 5.21. The van der Waals surface area contributed by atoms with Crippen molar-refractivity contribution in [3.05, 3.63) is 113 Å². The third-order valence-corrected chi connectivity index (χ3v) is 6.16. The van der Waals surface area contributed by atoms with E-state index < -0.39 is 0 Å². The summed E-state index contributed by atoms with van der Waals surface area (Å²) in [6.07, 6.45) is 0. The van der Waals surface area contributed by atoms with Gasteiger partial charge >= 0.3 is 7.69 Å². The van der Waals surface area contributed by atoms with E-state index in [-0.39, 0.29) is 5.41 Å². The zero-order chi connectivity index (χ0) is 18.7. The zero-order valence-corrected chi connectivity index (χ0v) is 15.1. The molecule has 0 aromatic heterocycles. The first-order chi connectivity index (χ1) is 13.9. The number of fused-ring (bicyclic) bond motifs is 10. The van der Waals surface area contributed by atoms with Crippen molar-refractivity contribution < 1.29 is 9.68 Å². The Kier molecular flexibility index (Phi) is 3.15. The van der Waals surface area contributed by atoms with Crippen molar-refractivity contribution in [1.82, 2.24) is 0 Å². The summed E-state index contributed by atoms with van der Waals surface area (Å²) in [7, 11) is 0.743. The van der Waals surface area contributed by atoms with Crippen LogP contribution in [0.2, 0.25) is 0 Å². The van der Waals surface area contributed by atoms with Gasteiger partial charge in [-0.15, -0.1) is 0 Å². The molecule has 2 aliphatic rings. The Morgan fingerprint density at radius 2 is 1.04 bits per heavy atom. The average Bonchev–Trinajstić information content (AvgIpc) is 3.21.